The van der Waals surface area contributed by atoms with Gasteiger partial charge in [-0.05, 0) is 32.3 Å². The summed E-state index contributed by atoms with van der Waals surface area (Å²) in [6.45, 7) is 8.92. The molecule has 0 unspecified atom stereocenters. The van der Waals surface area contributed by atoms with Crippen LogP contribution in [0.15, 0.2) is 12.3 Å². The molecule has 18 heavy (non-hydrogen) atoms. The number of amides is 1. The highest BCUT2D eigenvalue weighted by Crippen LogP contribution is 2.03. The highest BCUT2D eigenvalue weighted by Gasteiger charge is 2.08. The van der Waals surface area contributed by atoms with Crippen molar-refractivity contribution in [2.45, 2.75) is 40.2 Å². The second kappa shape index (κ2) is 6.93. The molecule has 0 atom stereocenters. The van der Waals surface area contributed by atoms with E-state index in [1.165, 1.54) is 0 Å². The molecule has 0 fully saturated rings. The van der Waals surface area contributed by atoms with Crippen LogP contribution in [0, 0.1) is 5.92 Å². The molecule has 5 nitrogen and oxygen atoms in total. The van der Waals surface area contributed by atoms with Gasteiger partial charge >= 0.3 is 0 Å². The first-order valence-electron chi connectivity index (χ1n) is 6.37. The van der Waals surface area contributed by atoms with Crippen LogP contribution in [0.5, 0.6) is 0 Å². The van der Waals surface area contributed by atoms with Gasteiger partial charge in [0, 0.05) is 18.8 Å². The van der Waals surface area contributed by atoms with E-state index in [0.29, 0.717) is 24.1 Å². The molecule has 0 aliphatic heterocycles. The maximum absolute atomic E-state index is 11.8. The third kappa shape index (κ3) is 5.12. The van der Waals surface area contributed by atoms with Crippen molar-refractivity contribution in [3.63, 3.8) is 0 Å². The number of aromatic nitrogens is 2. The van der Waals surface area contributed by atoms with Gasteiger partial charge in [0.2, 0.25) is 5.95 Å². The van der Waals surface area contributed by atoms with Crippen molar-refractivity contribution in [1.82, 2.24) is 15.3 Å². The van der Waals surface area contributed by atoms with Crippen molar-refractivity contribution in [2.24, 2.45) is 5.92 Å². The zero-order valence-electron chi connectivity index (χ0n) is 11.5. The van der Waals surface area contributed by atoms with Gasteiger partial charge in [0.05, 0.1) is 0 Å². The number of hydrogen-bond acceptors (Lipinski definition) is 4. The van der Waals surface area contributed by atoms with Gasteiger partial charge in [-0.2, -0.15) is 0 Å². The Hall–Kier alpha value is -1.65. The van der Waals surface area contributed by atoms with E-state index >= 15 is 0 Å². The molecule has 0 saturated heterocycles. The Bertz CT molecular complexity index is 390. The molecule has 5 heteroatoms. The van der Waals surface area contributed by atoms with E-state index in [-0.39, 0.29) is 11.9 Å². The molecule has 0 radical (unpaired) electrons. The van der Waals surface area contributed by atoms with Crippen LogP contribution in [-0.2, 0) is 0 Å². The maximum Gasteiger partial charge on any atom is 0.270 e. The minimum absolute atomic E-state index is 0.148. The second-order valence-electron chi connectivity index (χ2n) is 5.00. The fourth-order valence-corrected chi connectivity index (χ4v) is 1.38. The Balaban J connectivity index is 2.57. The minimum Gasteiger partial charge on any atom is -0.352 e. The highest BCUT2D eigenvalue weighted by atomic mass is 16.1. The highest BCUT2D eigenvalue weighted by molar-refractivity contribution is 5.92. The summed E-state index contributed by atoms with van der Waals surface area (Å²) in [5, 5.41) is 5.93. The van der Waals surface area contributed by atoms with Crippen molar-refractivity contribution in [2.75, 3.05) is 11.9 Å². The monoisotopic (exact) mass is 250 g/mol. The first kappa shape index (κ1) is 14.4. The number of nitrogens with zero attached hydrogens (tertiary/aromatic N) is 2. The Morgan fingerprint density at radius 3 is 2.67 bits per heavy atom. The number of carbonyl (C=O) groups excluding carboxylic acids is 1. The summed E-state index contributed by atoms with van der Waals surface area (Å²) < 4.78 is 0. The average molecular weight is 250 g/mol. The van der Waals surface area contributed by atoms with E-state index < -0.39 is 0 Å². The Labute approximate surface area is 108 Å². The van der Waals surface area contributed by atoms with Crippen LogP contribution in [0.1, 0.15) is 44.6 Å². The van der Waals surface area contributed by atoms with Gasteiger partial charge in [-0.1, -0.05) is 13.8 Å². The van der Waals surface area contributed by atoms with Gasteiger partial charge in [0.1, 0.15) is 5.69 Å². The molecule has 0 aliphatic rings. The molecular weight excluding hydrogens is 228 g/mol. The van der Waals surface area contributed by atoms with Gasteiger partial charge in [-0.3, -0.25) is 4.79 Å². The SMILES string of the molecule is CC(C)CCNC(=O)c1ccnc(NC(C)C)n1. The first-order chi connectivity index (χ1) is 8.49. The van der Waals surface area contributed by atoms with Crippen LogP contribution in [-0.4, -0.2) is 28.5 Å². The lowest BCUT2D eigenvalue weighted by atomic mass is 10.1. The summed E-state index contributed by atoms with van der Waals surface area (Å²) in [5.74, 6) is 0.917. The first-order valence-corrected chi connectivity index (χ1v) is 6.37. The van der Waals surface area contributed by atoms with E-state index in [1.54, 1.807) is 12.3 Å². The van der Waals surface area contributed by atoms with Gasteiger partial charge in [-0.25, -0.2) is 9.97 Å². The zero-order chi connectivity index (χ0) is 13.5. The molecule has 0 aromatic carbocycles. The lowest BCUT2D eigenvalue weighted by molar-refractivity contribution is 0.0947. The molecule has 1 heterocycles. The minimum atomic E-state index is -0.148. The van der Waals surface area contributed by atoms with Crippen LogP contribution in [0.3, 0.4) is 0 Å². The number of carbonyl (C=O) groups is 1. The van der Waals surface area contributed by atoms with Crippen LogP contribution in [0.25, 0.3) is 0 Å². The normalized spacial score (nSPS) is 10.8. The summed E-state index contributed by atoms with van der Waals surface area (Å²) in [6.07, 6.45) is 2.56. The standard InChI is InChI=1S/C13H22N4O/c1-9(2)5-7-14-12(18)11-6-8-15-13(17-11)16-10(3)4/h6,8-10H,5,7H2,1-4H3,(H,14,18)(H,15,16,17). The van der Waals surface area contributed by atoms with Gasteiger partial charge in [-0.15, -0.1) is 0 Å². The van der Waals surface area contributed by atoms with Crippen molar-refractivity contribution in [3.05, 3.63) is 18.0 Å². The van der Waals surface area contributed by atoms with Gasteiger partial charge in [0.15, 0.2) is 0 Å². The summed E-state index contributed by atoms with van der Waals surface area (Å²) in [6, 6.07) is 1.86. The molecule has 1 amide bonds. The fourth-order valence-electron chi connectivity index (χ4n) is 1.38. The van der Waals surface area contributed by atoms with Crippen LogP contribution >= 0.6 is 0 Å². The lowest BCUT2D eigenvalue weighted by Gasteiger charge is -2.09. The Kier molecular flexibility index (Phi) is 5.55. The van der Waals surface area contributed by atoms with E-state index in [2.05, 4.69) is 34.4 Å². The third-order valence-electron chi connectivity index (χ3n) is 2.31. The molecule has 100 valence electrons. The number of rotatable bonds is 6. The third-order valence-corrected chi connectivity index (χ3v) is 2.31. The molecule has 0 bridgehead atoms. The average Bonchev–Trinajstić information content (AvgIpc) is 2.27. The number of anilines is 1. The van der Waals surface area contributed by atoms with Crippen molar-refractivity contribution < 1.29 is 4.79 Å². The van der Waals surface area contributed by atoms with Crippen LogP contribution in [0.4, 0.5) is 5.95 Å². The summed E-state index contributed by atoms with van der Waals surface area (Å²) in [4.78, 5) is 20.1. The Morgan fingerprint density at radius 1 is 1.33 bits per heavy atom. The zero-order valence-corrected chi connectivity index (χ0v) is 11.5. The van der Waals surface area contributed by atoms with Crippen molar-refractivity contribution in [1.29, 1.82) is 0 Å². The Morgan fingerprint density at radius 2 is 2.06 bits per heavy atom. The predicted molar refractivity (Wildman–Crippen MR) is 72.6 cm³/mol. The molecular formula is C13H22N4O. The predicted octanol–water partition coefficient (Wildman–Crippen LogP) is 2.07. The van der Waals surface area contributed by atoms with Crippen molar-refractivity contribution >= 4 is 11.9 Å². The van der Waals surface area contributed by atoms with Crippen LogP contribution in [0.2, 0.25) is 0 Å². The summed E-state index contributed by atoms with van der Waals surface area (Å²) >= 11 is 0. The van der Waals surface area contributed by atoms with Crippen molar-refractivity contribution in [3.8, 4) is 0 Å². The quantitative estimate of drug-likeness (QED) is 0.811. The van der Waals surface area contributed by atoms with E-state index in [1.807, 2.05) is 13.8 Å². The lowest BCUT2D eigenvalue weighted by Crippen LogP contribution is -2.26. The molecule has 1 aromatic rings. The molecule has 2 N–H and O–H groups in total. The summed E-state index contributed by atoms with van der Waals surface area (Å²) in [7, 11) is 0. The number of nitrogens with one attached hydrogen (secondary N) is 2. The number of hydrogen-bond donors (Lipinski definition) is 2. The second-order valence-corrected chi connectivity index (χ2v) is 5.00. The molecule has 1 aromatic heterocycles. The van der Waals surface area contributed by atoms with E-state index in [0.717, 1.165) is 6.42 Å². The largest absolute Gasteiger partial charge is 0.352 e. The molecule has 0 saturated carbocycles. The molecule has 0 spiro atoms. The van der Waals surface area contributed by atoms with E-state index in [9.17, 15) is 4.79 Å². The van der Waals surface area contributed by atoms with E-state index in [4.69, 9.17) is 0 Å². The molecule has 0 aliphatic carbocycles. The maximum atomic E-state index is 11.8. The topological polar surface area (TPSA) is 66.9 Å². The van der Waals surface area contributed by atoms with Crippen LogP contribution < -0.4 is 10.6 Å². The summed E-state index contributed by atoms with van der Waals surface area (Å²) in [5.41, 5.74) is 0.400. The van der Waals surface area contributed by atoms with Gasteiger partial charge < -0.3 is 10.6 Å². The van der Waals surface area contributed by atoms with Gasteiger partial charge in [0.25, 0.3) is 5.91 Å². The molecule has 1 rings (SSSR count). The smallest absolute Gasteiger partial charge is 0.270 e. The fraction of sp³-hybridized carbons (Fsp3) is 0.615.